The predicted molar refractivity (Wildman–Crippen MR) is 87.5 cm³/mol. The lowest BCUT2D eigenvalue weighted by Gasteiger charge is -2.11. The van der Waals surface area contributed by atoms with Crippen molar-refractivity contribution in [3.8, 4) is 0 Å². The number of nitrogens with zero attached hydrogens (tertiary/aromatic N) is 2. The monoisotopic (exact) mass is 323 g/mol. The number of benzene rings is 1. The van der Waals surface area contributed by atoms with Crippen LogP contribution in [0.3, 0.4) is 0 Å². The van der Waals surface area contributed by atoms with Crippen molar-refractivity contribution in [3.63, 3.8) is 0 Å². The molecule has 1 aromatic carbocycles. The van der Waals surface area contributed by atoms with Gasteiger partial charge in [-0.05, 0) is 36.2 Å². The Labute approximate surface area is 139 Å². The van der Waals surface area contributed by atoms with Crippen LogP contribution in [0.2, 0.25) is 0 Å². The lowest BCUT2D eigenvalue weighted by molar-refractivity contribution is 0.0654. The molecule has 122 valence electrons. The first kappa shape index (κ1) is 15.9. The second-order valence-corrected chi connectivity index (χ2v) is 5.57. The van der Waals surface area contributed by atoms with Crippen LogP contribution in [0.1, 0.15) is 50.0 Å². The van der Waals surface area contributed by atoms with Crippen LogP contribution in [0.4, 0.5) is 0 Å². The summed E-state index contributed by atoms with van der Waals surface area (Å²) >= 11 is 0. The van der Waals surface area contributed by atoms with E-state index in [4.69, 9.17) is 0 Å². The maximum absolute atomic E-state index is 12.3. The van der Waals surface area contributed by atoms with Gasteiger partial charge in [-0.2, -0.15) is 0 Å². The number of carbonyl (C=O) groups excluding carboxylic acids is 3. The molecule has 0 aliphatic carbocycles. The smallest absolute Gasteiger partial charge is 0.261 e. The third-order valence-electron chi connectivity index (χ3n) is 3.86. The minimum Gasteiger partial charge on any atom is -0.348 e. The predicted octanol–water partition coefficient (Wildman–Crippen LogP) is 2.02. The quantitative estimate of drug-likeness (QED) is 0.854. The molecule has 0 saturated heterocycles. The van der Waals surface area contributed by atoms with Crippen LogP contribution in [0.25, 0.3) is 0 Å². The van der Waals surface area contributed by atoms with E-state index in [1.807, 2.05) is 13.0 Å². The van der Waals surface area contributed by atoms with E-state index in [0.29, 0.717) is 36.2 Å². The highest BCUT2D eigenvalue weighted by Gasteiger charge is 2.35. The van der Waals surface area contributed by atoms with Gasteiger partial charge in [0.05, 0.1) is 11.1 Å². The molecule has 0 saturated carbocycles. The van der Waals surface area contributed by atoms with Crippen LogP contribution >= 0.6 is 0 Å². The van der Waals surface area contributed by atoms with Gasteiger partial charge in [-0.25, -0.2) is 0 Å². The number of pyridine rings is 1. The first-order valence-electron chi connectivity index (χ1n) is 7.79. The molecule has 1 aromatic heterocycles. The van der Waals surface area contributed by atoms with Gasteiger partial charge < -0.3 is 5.32 Å². The fraction of sp³-hybridized carbons (Fsp3) is 0.222. The summed E-state index contributed by atoms with van der Waals surface area (Å²) in [6.45, 7) is 2.63. The molecule has 1 aliphatic heterocycles. The van der Waals surface area contributed by atoms with E-state index >= 15 is 0 Å². The molecule has 0 atom stereocenters. The zero-order chi connectivity index (χ0) is 17.1. The third-order valence-corrected chi connectivity index (χ3v) is 3.86. The van der Waals surface area contributed by atoms with Gasteiger partial charge in [0.15, 0.2) is 0 Å². The number of imide groups is 1. The lowest BCUT2D eigenvalue weighted by atomic mass is 10.1. The highest BCUT2D eigenvalue weighted by molar-refractivity contribution is 6.22. The molecular weight excluding hydrogens is 306 g/mol. The standard InChI is InChI=1S/C18H17N3O3/c1-2-8-21-17(23)14-6-5-13(9-15(14)18(21)24)16(22)20-11-12-4-3-7-19-10-12/h3-7,9-10H,2,8,11H2,1H3,(H,20,22). The minimum absolute atomic E-state index is 0.292. The van der Waals surface area contributed by atoms with Crippen LogP contribution in [0.5, 0.6) is 0 Å². The molecule has 6 heteroatoms. The number of nitrogens with one attached hydrogen (secondary N) is 1. The fourth-order valence-corrected chi connectivity index (χ4v) is 2.65. The van der Waals surface area contributed by atoms with E-state index in [9.17, 15) is 14.4 Å². The average Bonchev–Trinajstić information content (AvgIpc) is 2.85. The summed E-state index contributed by atoms with van der Waals surface area (Å²) in [4.78, 5) is 42.0. The molecular formula is C18H17N3O3. The Kier molecular flexibility index (Phi) is 4.37. The van der Waals surface area contributed by atoms with Crippen molar-refractivity contribution in [2.45, 2.75) is 19.9 Å². The summed E-state index contributed by atoms with van der Waals surface area (Å²) in [5.41, 5.74) is 1.89. The van der Waals surface area contributed by atoms with Gasteiger partial charge in [0.1, 0.15) is 0 Å². The summed E-state index contributed by atoms with van der Waals surface area (Å²) in [6, 6.07) is 8.26. The highest BCUT2D eigenvalue weighted by Crippen LogP contribution is 2.24. The molecule has 3 rings (SSSR count). The Morgan fingerprint density at radius 1 is 1.17 bits per heavy atom. The van der Waals surface area contributed by atoms with Crippen LogP contribution in [0, 0.1) is 0 Å². The maximum atomic E-state index is 12.3. The number of aromatic nitrogens is 1. The van der Waals surface area contributed by atoms with E-state index in [-0.39, 0.29) is 17.7 Å². The van der Waals surface area contributed by atoms with Crippen LogP contribution in [-0.2, 0) is 6.54 Å². The Morgan fingerprint density at radius 3 is 2.67 bits per heavy atom. The normalized spacial score (nSPS) is 13.1. The molecule has 0 fully saturated rings. The number of carbonyl (C=O) groups is 3. The van der Waals surface area contributed by atoms with Crippen molar-refractivity contribution < 1.29 is 14.4 Å². The fourth-order valence-electron chi connectivity index (χ4n) is 2.65. The van der Waals surface area contributed by atoms with Gasteiger partial charge in [-0.3, -0.25) is 24.3 Å². The Balaban J connectivity index is 1.76. The van der Waals surface area contributed by atoms with Crippen LogP contribution < -0.4 is 5.32 Å². The van der Waals surface area contributed by atoms with E-state index < -0.39 is 0 Å². The van der Waals surface area contributed by atoms with Crippen LogP contribution in [0.15, 0.2) is 42.7 Å². The van der Waals surface area contributed by atoms with Gasteiger partial charge in [0, 0.05) is 31.0 Å². The van der Waals surface area contributed by atoms with Crippen molar-refractivity contribution in [1.82, 2.24) is 15.2 Å². The van der Waals surface area contributed by atoms with Gasteiger partial charge >= 0.3 is 0 Å². The zero-order valence-electron chi connectivity index (χ0n) is 13.3. The Bertz CT molecular complexity index is 802. The Morgan fingerprint density at radius 2 is 1.96 bits per heavy atom. The van der Waals surface area contributed by atoms with Crippen molar-refractivity contribution >= 4 is 17.7 Å². The molecule has 0 unspecified atom stereocenters. The van der Waals surface area contributed by atoms with Gasteiger partial charge in [0.2, 0.25) is 0 Å². The molecule has 24 heavy (non-hydrogen) atoms. The van der Waals surface area contributed by atoms with Crippen molar-refractivity contribution in [3.05, 3.63) is 65.0 Å². The number of fused-ring (bicyclic) bond motifs is 1. The number of rotatable bonds is 5. The molecule has 2 aromatic rings. The molecule has 0 bridgehead atoms. The van der Waals surface area contributed by atoms with Gasteiger partial charge in [0.25, 0.3) is 17.7 Å². The van der Waals surface area contributed by atoms with Crippen LogP contribution in [-0.4, -0.2) is 34.2 Å². The molecule has 6 nitrogen and oxygen atoms in total. The van der Waals surface area contributed by atoms with Gasteiger partial charge in [-0.15, -0.1) is 0 Å². The number of hydrogen-bond acceptors (Lipinski definition) is 4. The lowest BCUT2D eigenvalue weighted by Crippen LogP contribution is -2.30. The van der Waals surface area contributed by atoms with Crippen molar-refractivity contribution in [2.24, 2.45) is 0 Å². The van der Waals surface area contributed by atoms with Crippen molar-refractivity contribution in [2.75, 3.05) is 6.54 Å². The summed E-state index contributed by atoms with van der Waals surface area (Å²) < 4.78 is 0. The first-order chi connectivity index (χ1) is 11.6. The van der Waals surface area contributed by atoms with E-state index in [2.05, 4.69) is 10.3 Å². The second-order valence-electron chi connectivity index (χ2n) is 5.57. The maximum Gasteiger partial charge on any atom is 0.261 e. The Hall–Kier alpha value is -3.02. The topological polar surface area (TPSA) is 79.4 Å². The zero-order valence-corrected chi connectivity index (χ0v) is 13.3. The second kappa shape index (κ2) is 6.62. The van der Waals surface area contributed by atoms with E-state index in [0.717, 1.165) is 5.56 Å². The van der Waals surface area contributed by atoms with Gasteiger partial charge in [-0.1, -0.05) is 13.0 Å². The third kappa shape index (κ3) is 2.90. The van der Waals surface area contributed by atoms with Crippen molar-refractivity contribution in [1.29, 1.82) is 0 Å². The molecule has 3 amide bonds. The summed E-state index contributed by atoms with van der Waals surface area (Å²) in [5.74, 6) is -0.922. The summed E-state index contributed by atoms with van der Waals surface area (Å²) in [6.07, 6.45) is 4.04. The molecule has 0 radical (unpaired) electrons. The summed E-state index contributed by atoms with van der Waals surface area (Å²) in [7, 11) is 0. The molecule has 2 heterocycles. The first-order valence-corrected chi connectivity index (χ1v) is 7.79. The van der Waals surface area contributed by atoms with E-state index in [1.165, 1.54) is 11.0 Å². The number of amides is 3. The molecule has 1 aliphatic rings. The average molecular weight is 323 g/mol. The summed E-state index contributed by atoms with van der Waals surface area (Å²) in [5, 5.41) is 2.78. The number of hydrogen-bond donors (Lipinski definition) is 1. The van der Waals surface area contributed by atoms with E-state index in [1.54, 1.807) is 30.6 Å². The largest absolute Gasteiger partial charge is 0.348 e. The SMILES string of the molecule is CCCN1C(=O)c2ccc(C(=O)NCc3cccnc3)cc2C1=O. The molecule has 1 N–H and O–H groups in total. The highest BCUT2D eigenvalue weighted by atomic mass is 16.2. The molecule has 0 spiro atoms. The minimum atomic E-state index is -0.334.